The van der Waals surface area contributed by atoms with E-state index in [4.69, 9.17) is 14.7 Å². The van der Waals surface area contributed by atoms with Crippen LogP contribution < -0.4 is 10.1 Å². The number of hydrogen-bond acceptors (Lipinski definition) is 5. The van der Waals surface area contributed by atoms with Gasteiger partial charge >= 0.3 is 0 Å². The van der Waals surface area contributed by atoms with E-state index >= 15 is 0 Å². The summed E-state index contributed by atoms with van der Waals surface area (Å²) < 4.78 is 11.2. The molecule has 1 amide bonds. The maximum absolute atomic E-state index is 12.0. The molecule has 1 unspecified atom stereocenters. The van der Waals surface area contributed by atoms with Gasteiger partial charge in [0.1, 0.15) is 5.75 Å². The molecule has 6 heteroatoms. The zero-order valence-electron chi connectivity index (χ0n) is 15.1. The van der Waals surface area contributed by atoms with Gasteiger partial charge in [0.15, 0.2) is 6.61 Å². The van der Waals surface area contributed by atoms with Gasteiger partial charge in [0, 0.05) is 26.2 Å². The van der Waals surface area contributed by atoms with Crippen molar-refractivity contribution in [3.63, 3.8) is 0 Å². The third-order valence-electron chi connectivity index (χ3n) is 4.35. The fourth-order valence-corrected chi connectivity index (χ4v) is 2.94. The highest BCUT2D eigenvalue weighted by molar-refractivity contribution is 5.77. The molecule has 0 aromatic heterocycles. The quantitative estimate of drug-likeness (QED) is 0.812. The van der Waals surface area contributed by atoms with Gasteiger partial charge in [0.05, 0.1) is 24.3 Å². The summed E-state index contributed by atoms with van der Waals surface area (Å²) >= 11 is 0. The molecule has 1 atom stereocenters. The molecule has 140 valence electrons. The van der Waals surface area contributed by atoms with Crippen LogP contribution >= 0.6 is 0 Å². The van der Waals surface area contributed by atoms with Crippen LogP contribution in [0.5, 0.6) is 5.75 Å². The topological polar surface area (TPSA) is 74.6 Å². The second-order valence-corrected chi connectivity index (χ2v) is 6.44. The van der Waals surface area contributed by atoms with Crippen molar-refractivity contribution >= 4 is 5.91 Å². The first-order valence-electron chi connectivity index (χ1n) is 9.00. The number of nitrogens with zero attached hydrogens (tertiary/aromatic N) is 2. The zero-order valence-corrected chi connectivity index (χ0v) is 15.1. The summed E-state index contributed by atoms with van der Waals surface area (Å²) in [7, 11) is 0. The summed E-state index contributed by atoms with van der Waals surface area (Å²) in [6.45, 7) is 3.62. The van der Waals surface area contributed by atoms with E-state index in [1.54, 1.807) is 24.3 Å². The lowest BCUT2D eigenvalue weighted by Crippen LogP contribution is -2.47. The summed E-state index contributed by atoms with van der Waals surface area (Å²) in [6.07, 6.45) is -0.0266. The van der Waals surface area contributed by atoms with Crippen LogP contribution in [0, 0.1) is 11.3 Å². The Morgan fingerprint density at radius 2 is 2.00 bits per heavy atom. The fraction of sp³-hybridized carbons (Fsp3) is 0.333. The maximum atomic E-state index is 12.0. The number of amides is 1. The summed E-state index contributed by atoms with van der Waals surface area (Å²) in [4.78, 5) is 14.3. The highest BCUT2D eigenvalue weighted by atomic mass is 16.5. The van der Waals surface area contributed by atoms with Crippen molar-refractivity contribution < 1.29 is 14.3 Å². The highest BCUT2D eigenvalue weighted by Crippen LogP contribution is 2.12. The molecular weight excluding hydrogens is 342 g/mol. The molecule has 1 aliphatic heterocycles. The number of ether oxygens (including phenoxy) is 2. The second kappa shape index (κ2) is 9.72. The molecule has 2 aromatic carbocycles. The third kappa shape index (κ3) is 6.10. The van der Waals surface area contributed by atoms with Gasteiger partial charge in [0.25, 0.3) is 5.91 Å². The Hall–Kier alpha value is -2.88. The lowest BCUT2D eigenvalue weighted by Gasteiger charge is -2.33. The minimum Gasteiger partial charge on any atom is -0.484 e. The van der Waals surface area contributed by atoms with Crippen molar-refractivity contribution in [1.29, 1.82) is 5.26 Å². The molecule has 3 rings (SSSR count). The van der Waals surface area contributed by atoms with E-state index in [0.717, 1.165) is 19.6 Å². The Balaban J connectivity index is 1.38. The van der Waals surface area contributed by atoms with Crippen molar-refractivity contribution in [3.05, 3.63) is 65.7 Å². The van der Waals surface area contributed by atoms with Crippen LogP contribution in [-0.4, -0.2) is 49.8 Å². The summed E-state index contributed by atoms with van der Waals surface area (Å²) in [5.74, 6) is 0.371. The van der Waals surface area contributed by atoms with Crippen molar-refractivity contribution in [2.75, 3.05) is 32.8 Å². The van der Waals surface area contributed by atoms with Gasteiger partial charge in [-0.2, -0.15) is 5.26 Å². The van der Waals surface area contributed by atoms with E-state index in [0.29, 0.717) is 24.5 Å². The average molecular weight is 365 g/mol. The molecule has 0 aliphatic carbocycles. The van der Waals surface area contributed by atoms with Crippen LogP contribution in [0.1, 0.15) is 11.1 Å². The number of carbonyl (C=O) groups excluding carboxylic acids is 1. The average Bonchev–Trinajstić information content (AvgIpc) is 2.72. The fourth-order valence-electron chi connectivity index (χ4n) is 2.94. The van der Waals surface area contributed by atoms with E-state index in [2.05, 4.69) is 22.3 Å². The smallest absolute Gasteiger partial charge is 0.258 e. The Labute approximate surface area is 159 Å². The molecule has 1 saturated heterocycles. The second-order valence-electron chi connectivity index (χ2n) is 6.44. The summed E-state index contributed by atoms with van der Waals surface area (Å²) in [5, 5.41) is 11.6. The van der Waals surface area contributed by atoms with Crippen molar-refractivity contribution in [1.82, 2.24) is 10.2 Å². The first-order valence-corrected chi connectivity index (χ1v) is 9.00. The normalized spacial score (nSPS) is 17.1. The van der Waals surface area contributed by atoms with E-state index in [9.17, 15) is 4.79 Å². The molecule has 0 bridgehead atoms. The number of benzene rings is 2. The van der Waals surface area contributed by atoms with Gasteiger partial charge in [-0.15, -0.1) is 0 Å². The van der Waals surface area contributed by atoms with E-state index in [-0.39, 0.29) is 18.6 Å². The van der Waals surface area contributed by atoms with E-state index in [1.807, 2.05) is 24.3 Å². The number of carbonyl (C=O) groups is 1. The summed E-state index contributed by atoms with van der Waals surface area (Å²) in [6, 6.07) is 19.0. The maximum Gasteiger partial charge on any atom is 0.258 e. The van der Waals surface area contributed by atoms with Gasteiger partial charge in [-0.1, -0.05) is 30.3 Å². The first-order chi connectivity index (χ1) is 13.2. The highest BCUT2D eigenvalue weighted by Gasteiger charge is 2.21. The monoisotopic (exact) mass is 365 g/mol. The van der Waals surface area contributed by atoms with Gasteiger partial charge in [-0.25, -0.2) is 0 Å². The Bertz CT molecular complexity index is 772. The third-order valence-corrected chi connectivity index (χ3v) is 4.35. The lowest BCUT2D eigenvalue weighted by molar-refractivity contribution is -0.124. The van der Waals surface area contributed by atoms with Crippen LogP contribution in [0.3, 0.4) is 0 Å². The van der Waals surface area contributed by atoms with Gasteiger partial charge in [-0.3, -0.25) is 9.69 Å². The minimum absolute atomic E-state index is 0.0266. The SMILES string of the molecule is N#Cc1ccc(OCC(=O)NCC2CN(Cc3ccccc3)CCO2)cc1. The first kappa shape index (κ1) is 18.9. The molecule has 1 aliphatic rings. The number of hydrogen-bond donors (Lipinski definition) is 1. The Kier molecular flexibility index (Phi) is 6.80. The molecule has 0 radical (unpaired) electrons. The molecule has 1 heterocycles. The number of nitriles is 1. The van der Waals surface area contributed by atoms with Crippen molar-refractivity contribution in [2.24, 2.45) is 0 Å². The lowest BCUT2D eigenvalue weighted by atomic mass is 10.2. The van der Waals surface area contributed by atoms with Gasteiger partial charge < -0.3 is 14.8 Å². The molecule has 2 aromatic rings. The largest absolute Gasteiger partial charge is 0.484 e. The molecular formula is C21H23N3O3. The van der Waals surface area contributed by atoms with Crippen LogP contribution in [0.2, 0.25) is 0 Å². The molecule has 0 spiro atoms. The van der Waals surface area contributed by atoms with Gasteiger partial charge in [0.2, 0.25) is 0 Å². The van der Waals surface area contributed by atoms with Crippen LogP contribution in [0.4, 0.5) is 0 Å². The Morgan fingerprint density at radius 3 is 2.74 bits per heavy atom. The van der Waals surface area contributed by atoms with Crippen molar-refractivity contribution in [3.8, 4) is 11.8 Å². The standard InChI is InChI=1S/C21H23N3O3/c22-12-17-6-8-19(9-7-17)27-16-21(25)23-13-20-15-24(10-11-26-20)14-18-4-2-1-3-5-18/h1-9,20H,10-11,13-16H2,(H,23,25). The molecule has 1 N–H and O–H groups in total. The van der Waals surface area contributed by atoms with E-state index < -0.39 is 0 Å². The minimum atomic E-state index is -0.192. The van der Waals surface area contributed by atoms with Crippen LogP contribution in [0.15, 0.2) is 54.6 Å². The van der Waals surface area contributed by atoms with Crippen LogP contribution in [-0.2, 0) is 16.1 Å². The predicted molar refractivity (Wildman–Crippen MR) is 101 cm³/mol. The number of rotatable bonds is 7. The predicted octanol–water partition coefficient (Wildman–Crippen LogP) is 1.95. The number of morpholine rings is 1. The summed E-state index contributed by atoms with van der Waals surface area (Å²) in [5.41, 5.74) is 1.83. The van der Waals surface area contributed by atoms with Crippen LogP contribution in [0.25, 0.3) is 0 Å². The molecule has 27 heavy (non-hydrogen) atoms. The number of nitrogens with one attached hydrogen (secondary N) is 1. The van der Waals surface area contributed by atoms with Gasteiger partial charge in [-0.05, 0) is 29.8 Å². The van der Waals surface area contributed by atoms with Crippen molar-refractivity contribution in [2.45, 2.75) is 12.6 Å². The zero-order chi connectivity index (χ0) is 18.9. The molecule has 0 saturated carbocycles. The Morgan fingerprint density at radius 1 is 1.22 bits per heavy atom. The van der Waals surface area contributed by atoms with E-state index in [1.165, 1.54) is 5.56 Å². The molecule has 1 fully saturated rings. The molecule has 6 nitrogen and oxygen atoms in total.